The lowest BCUT2D eigenvalue weighted by atomic mass is 10.0. The highest BCUT2D eigenvalue weighted by Gasteiger charge is 2.31. The number of hydrogen-bond acceptors (Lipinski definition) is 8. The number of nitriles is 1. The van der Waals surface area contributed by atoms with Gasteiger partial charge in [-0.05, 0) is 76.1 Å². The van der Waals surface area contributed by atoms with Crippen molar-refractivity contribution in [3.05, 3.63) is 72.6 Å². The van der Waals surface area contributed by atoms with Crippen LogP contribution in [0.4, 0.5) is 5.82 Å². The number of nitrogen functional groups attached to an aromatic ring is 1. The number of fused-ring (bicyclic) bond motifs is 1. The molecule has 1 aliphatic rings. The number of nitrogens with zero attached hydrogens (tertiary/aromatic N) is 6. The monoisotopic (exact) mass is 551 g/mol. The van der Waals surface area contributed by atoms with Gasteiger partial charge in [0.2, 0.25) is 0 Å². The number of carbonyl (C=O) groups is 1. The Labute approximate surface area is 239 Å². The van der Waals surface area contributed by atoms with Crippen LogP contribution in [0.15, 0.2) is 72.6 Å². The molecule has 1 aliphatic heterocycles. The Morgan fingerprint density at radius 3 is 2.59 bits per heavy atom. The van der Waals surface area contributed by atoms with Crippen LogP contribution >= 0.6 is 0 Å². The van der Waals surface area contributed by atoms with Crippen molar-refractivity contribution in [2.45, 2.75) is 45.3 Å². The number of rotatable bonds is 8. The summed E-state index contributed by atoms with van der Waals surface area (Å²) in [4.78, 5) is 23.8. The number of piperidine rings is 1. The van der Waals surface area contributed by atoms with Gasteiger partial charge in [-0.1, -0.05) is 18.2 Å². The van der Waals surface area contributed by atoms with Gasteiger partial charge in [-0.15, -0.1) is 0 Å². The van der Waals surface area contributed by atoms with E-state index < -0.39 is 5.60 Å². The van der Waals surface area contributed by atoms with E-state index in [-0.39, 0.29) is 17.5 Å². The highest BCUT2D eigenvalue weighted by atomic mass is 16.5. The maximum absolute atomic E-state index is 13.4. The second kappa shape index (κ2) is 11.8. The number of likely N-dealkylation sites (tertiary alicyclic amines) is 1. The first-order valence-electron chi connectivity index (χ1n) is 13.7. The van der Waals surface area contributed by atoms with Gasteiger partial charge in [-0.25, -0.2) is 14.6 Å². The van der Waals surface area contributed by atoms with Crippen molar-refractivity contribution in [2.75, 3.05) is 25.4 Å². The summed E-state index contributed by atoms with van der Waals surface area (Å²) >= 11 is 0. The Bertz CT molecular complexity index is 1600. The second-order valence-electron chi connectivity index (χ2n) is 10.4. The van der Waals surface area contributed by atoms with Gasteiger partial charge in [-0.2, -0.15) is 10.4 Å². The molecule has 0 radical (unpaired) electrons. The SMILES string of the molecule is CCOC(C)(C)/C=C(\C#N)C(=O)N1CCC[C@H](n2nc(-c3ccc(Oc4ccccc4)cc3)c3c(N)ncnc32)C1. The molecule has 210 valence electrons. The number of anilines is 1. The highest BCUT2D eigenvalue weighted by molar-refractivity contribution is 5.99. The maximum Gasteiger partial charge on any atom is 0.264 e. The number of benzene rings is 2. The molecule has 41 heavy (non-hydrogen) atoms. The van der Waals surface area contributed by atoms with E-state index in [0.29, 0.717) is 48.0 Å². The average Bonchev–Trinajstić information content (AvgIpc) is 3.38. The molecule has 0 spiro atoms. The van der Waals surface area contributed by atoms with E-state index >= 15 is 0 Å². The van der Waals surface area contributed by atoms with Crippen molar-refractivity contribution in [3.63, 3.8) is 0 Å². The van der Waals surface area contributed by atoms with Crippen LogP contribution in [0.2, 0.25) is 0 Å². The first-order chi connectivity index (χ1) is 19.8. The highest BCUT2D eigenvalue weighted by Crippen LogP contribution is 2.35. The summed E-state index contributed by atoms with van der Waals surface area (Å²) in [6.45, 7) is 6.96. The zero-order chi connectivity index (χ0) is 29.0. The molecule has 4 aromatic rings. The molecule has 2 aromatic carbocycles. The fourth-order valence-corrected chi connectivity index (χ4v) is 5.17. The largest absolute Gasteiger partial charge is 0.457 e. The number of hydrogen-bond donors (Lipinski definition) is 1. The molecule has 10 nitrogen and oxygen atoms in total. The summed E-state index contributed by atoms with van der Waals surface area (Å²) < 4.78 is 13.5. The van der Waals surface area contributed by atoms with E-state index in [1.54, 1.807) is 11.0 Å². The molecule has 3 heterocycles. The summed E-state index contributed by atoms with van der Waals surface area (Å²) in [5.74, 6) is 1.46. The van der Waals surface area contributed by atoms with Crippen LogP contribution in [0.1, 0.15) is 39.7 Å². The smallest absolute Gasteiger partial charge is 0.264 e. The van der Waals surface area contributed by atoms with Crippen LogP contribution in [-0.4, -0.2) is 55.9 Å². The molecule has 1 saturated heterocycles. The van der Waals surface area contributed by atoms with E-state index in [4.69, 9.17) is 20.3 Å². The van der Waals surface area contributed by atoms with Crippen molar-refractivity contribution in [1.82, 2.24) is 24.6 Å². The molecule has 1 atom stereocenters. The molecule has 0 aliphatic carbocycles. The van der Waals surface area contributed by atoms with Crippen LogP contribution in [0, 0.1) is 11.3 Å². The van der Waals surface area contributed by atoms with E-state index in [9.17, 15) is 10.1 Å². The fraction of sp³-hybridized carbons (Fsp3) is 0.323. The lowest BCUT2D eigenvalue weighted by molar-refractivity contribution is -0.128. The van der Waals surface area contributed by atoms with Gasteiger partial charge in [0.05, 0.1) is 17.0 Å². The molecular weight excluding hydrogens is 518 g/mol. The van der Waals surface area contributed by atoms with Crippen LogP contribution in [-0.2, 0) is 9.53 Å². The normalized spacial score (nSPS) is 16.0. The van der Waals surface area contributed by atoms with Gasteiger partial charge in [0.1, 0.15) is 41.0 Å². The zero-order valence-electron chi connectivity index (χ0n) is 23.4. The number of carbonyl (C=O) groups excluding carboxylic acids is 1. The molecule has 1 fully saturated rings. The van der Waals surface area contributed by atoms with Crippen LogP contribution in [0.5, 0.6) is 11.5 Å². The van der Waals surface area contributed by atoms with Crippen molar-refractivity contribution < 1.29 is 14.3 Å². The van der Waals surface area contributed by atoms with E-state index in [2.05, 4.69) is 16.0 Å². The summed E-state index contributed by atoms with van der Waals surface area (Å²) in [6.07, 6.45) is 4.58. The minimum Gasteiger partial charge on any atom is -0.457 e. The number of para-hydroxylation sites is 1. The van der Waals surface area contributed by atoms with Crippen LogP contribution < -0.4 is 10.5 Å². The third-order valence-electron chi connectivity index (χ3n) is 7.01. The number of amides is 1. The second-order valence-corrected chi connectivity index (χ2v) is 10.4. The van der Waals surface area contributed by atoms with Crippen LogP contribution in [0.25, 0.3) is 22.3 Å². The average molecular weight is 552 g/mol. The van der Waals surface area contributed by atoms with Gasteiger partial charge in [0, 0.05) is 25.3 Å². The molecular formula is C31H33N7O3. The van der Waals surface area contributed by atoms with Gasteiger partial charge < -0.3 is 20.1 Å². The summed E-state index contributed by atoms with van der Waals surface area (Å²) in [5, 5.41) is 15.4. The Morgan fingerprint density at radius 2 is 1.88 bits per heavy atom. The van der Waals surface area contributed by atoms with Crippen LogP contribution in [0.3, 0.4) is 0 Å². The van der Waals surface area contributed by atoms with Crippen molar-refractivity contribution in [1.29, 1.82) is 5.26 Å². The zero-order valence-corrected chi connectivity index (χ0v) is 23.4. The number of nitrogens with two attached hydrogens (primary N) is 1. The molecule has 2 aromatic heterocycles. The summed E-state index contributed by atoms with van der Waals surface area (Å²) in [5.41, 5.74) is 7.78. The predicted octanol–water partition coefficient (Wildman–Crippen LogP) is 5.30. The quantitative estimate of drug-likeness (QED) is 0.231. The first-order valence-corrected chi connectivity index (χ1v) is 13.7. The minimum absolute atomic E-state index is 0.0690. The number of aromatic nitrogens is 4. The standard InChI is InChI=1S/C31H33N7O3/c1-4-40-31(2,3)17-22(18-32)30(39)37-16-8-9-23(19-37)38-29-26(28(33)34-20-35-29)27(36-38)21-12-14-25(15-13-21)41-24-10-6-5-7-11-24/h5-7,10-15,17,20,23H,4,8-9,16,19H2,1-3H3,(H2,33,34,35)/b22-17+/t23-/m0/s1. The van der Waals surface area contributed by atoms with E-state index in [0.717, 1.165) is 24.2 Å². The lowest BCUT2D eigenvalue weighted by Gasteiger charge is -2.33. The van der Waals surface area contributed by atoms with E-state index in [1.165, 1.54) is 6.33 Å². The third kappa shape index (κ3) is 6.05. The van der Waals surface area contributed by atoms with Crippen molar-refractivity contribution in [3.8, 4) is 28.8 Å². The Balaban J connectivity index is 1.43. The molecule has 1 amide bonds. The maximum atomic E-state index is 13.4. The topological polar surface area (TPSA) is 132 Å². The molecule has 10 heteroatoms. The first kappa shape index (κ1) is 27.8. The molecule has 0 unspecified atom stereocenters. The third-order valence-corrected chi connectivity index (χ3v) is 7.01. The van der Waals surface area contributed by atoms with Gasteiger partial charge in [0.25, 0.3) is 5.91 Å². The number of ether oxygens (including phenoxy) is 2. The Morgan fingerprint density at radius 1 is 1.15 bits per heavy atom. The predicted molar refractivity (Wildman–Crippen MR) is 156 cm³/mol. The van der Waals surface area contributed by atoms with Crippen molar-refractivity contribution >= 4 is 22.8 Å². The van der Waals surface area contributed by atoms with E-state index in [1.807, 2.05) is 80.1 Å². The Hall–Kier alpha value is -4.75. The summed E-state index contributed by atoms with van der Waals surface area (Å²) in [7, 11) is 0. The van der Waals surface area contributed by atoms with Gasteiger partial charge >= 0.3 is 0 Å². The van der Waals surface area contributed by atoms with Crippen molar-refractivity contribution in [2.24, 2.45) is 0 Å². The lowest BCUT2D eigenvalue weighted by Crippen LogP contribution is -2.42. The Kier molecular flexibility index (Phi) is 7.99. The molecule has 0 saturated carbocycles. The van der Waals surface area contributed by atoms with Gasteiger partial charge in [-0.3, -0.25) is 4.79 Å². The molecule has 0 bridgehead atoms. The van der Waals surface area contributed by atoms with Gasteiger partial charge in [0.15, 0.2) is 5.65 Å². The molecule has 5 rings (SSSR count). The summed E-state index contributed by atoms with van der Waals surface area (Å²) in [6, 6.07) is 19.1. The molecule has 2 N–H and O–H groups in total. The minimum atomic E-state index is -0.728. The fourth-order valence-electron chi connectivity index (χ4n) is 5.17.